The number of aryl methyl sites for hydroxylation is 1. The van der Waals surface area contributed by atoms with E-state index in [2.05, 4.69) is 15.2 Å². The maximum atomic E-state index is 13.5. The third kappa shape index (κ3) is 3.46. The molecule has 3 rings (SSSR count). The van der Waals surface area contributed by atoms with Gasteiger partial charge in [-0.15, -0.1) is 22.0 Å². The molecule has 0 saturated heterocycles. The number of azo groups is 1. The first-order valence-corrected chi connectivity index (χ1v) is 8.16. The topological polar surface area (TPSA) is 77.8 Å². The normalized spacial score (nSPS) is 11.4. The molecule has 0 spiro atoms. The Balaban J connectivity index is 1.74. The van der Waals surface area contributed by atoms with Crippen molar-refractivity contribution in [1.82, 2.24) is 4.98 Å². The van der Waals surface area contributed by atoms with Gasteiger partial charge in [0.2, 0.25) is 5.88 Å². The molecule has 2 N–H and O–H groups in total. The van der Waals surface area contributed by atoms with E-state index < -0.39 is 5.91 Å². The third-order valence-electron chi connectivity index (χ3n) is 3.36. The fourth-order valence-corrected chi connectivity index (χ4v) is 2.93. The second kappa shape index (κ2) is 6.84. The number of aromatic amines is 1. The Kier molecular flexibility index (Phi) is 4.61. The largest absolute Gasteiger partial charge is 0.493 e. The molecule has 1 heterocycles. The monoisotopic (exact) mass is 343 g/mol. The van der Waals surface area contributed by atoms with Gasteiger partial charge in [-0.3, -0.25) is 4.79 Å². The van der Waals surface area contributed by atoms with Gasteiger partial charge in [-0.1, -0.05) is 23.8 Å². The van der Waals surface area contributed by atoms with Gasteiger partial charge >= 0.3 is 0 Å². The van der Waals surface area contributed by atoms with Gasteiger partial charge in [-0.05, 0) is 31.2 Å². The van der Waals surface area contributed by atoms with E-state index in [-0.39, 0.29) is 23.1 Å². The van der Waals surface area contributed by atoms with Crippen molar-refractivity contribution in [3.63, 3.8) is 0 Å². The lowest BCUT2D eigenvalue weighted by Crippen LogP contribution is -1.96. The molecule has 0 radical (unpaired) electrons. The van der Waals surface area contributed by atoms with Crippen LogP contribution in [-0.4, -0.2) is 21.8 Å². The van der Waals surface area contributed by atoms with E-state index in [9.17, 15) is 14.3 Å². The minimum atomic E-state index is -0.510. The zero-order chi connectivity index (χ0) is 17.1. The molecule has 0 aliphatic carbocycles. The van der Waals surface area contributed by atoms with Crippen LogP contribution in [0.3, 0.4) is 0 Å². The number of nitrogens with one attached hydrogen (secondary N) is 1. The van der Waals surface area contributed by atoms with Crippen LogP contribution in [0.25, 0.3) is 10.9 Å². The summed E-state index contributed by atoms with van der Waals surface area (Å²) in [6.45, 7) is 1.92. The first-order valence-electron chi connectivity index (χ1n) is 7.18. The van der Waals surface area contributed by atoms with Gasteiger partial charge in [-0.2, -0.15) is 0 Å². The number of benzene rings is 2. The summed E-state index contributed by atoms with van der Waals surface area (Å²) < 4.78 is 13.5. The van der Waals surface area contributed by atoms with Crippen LogP contribution < -0.4 is 0 Å². The molecule has 0 bridgehead atoms. The average molecular weight is 343 g/mol. The Morgan fingerprint density at radius 2 is 2.08 bits per heavy atom. The molecule has 0 aliphatic heterocycles. The summed E-state index contributed by atoms with van der Waals surface area (Å²) in [5.41, 5.74) is 1.93. The van der Waals surface area contributed by atoms with Crippen molar-refractivity contribution in [2.45, 2.75) is 11.8 Å². The summed E-state index contributed by atoms with van der Waals surface area (Å²) in [6.07, 6.45) is 0. The van der Waals surface area contributed by atoms with Crippen LogP contribution >= 0.6 is 11.8 Å². The van der Waals surface area contributed by atoms with Gasteiger partial charge in [0.1, 0.15) is 5.82 Å². The van der Waals surface area contributed by atoms with Gasteiger partial charge in [0.25, 0.3) is 5.91 Å². The smallest absolute Gasteiger partial charge is 0.274 e. The van der Waals surface area contributed by atoms with Gasteiger partial charge in [0, 0.05) is 10.3 Å². The number of aromatic nitrogens is 1. The molecular weight excluding hydrogens is 329 g/mol. The third-order valence-corrected chi connectivity index (χ3v) is 4.39. The number of carbonyl (C=O) groups is 1. The lowest BCUT2D eigenvalue weighted by molar-refractivity contribution is -0.115. The number of thioether (sulfide) groups is 1. The molecule has 0 aliphatic rings. The lowest BCUT2D eigenvalue weighted by atomic mass is 10.2. The van der Waals surface area contributed by atoms with Crippen molar-refractivity contribution in [1.29, 1.82) is 0 Å². The van der Waals surface area contributed by atoms with Crippen LogP contribution in [0.4, 0.5) is 10.1 Å². The molecule has 2 aromatic carbocycles. The van der Waals surface area contributed by atoms with E-state index >= 15 is 0 Å². The molecule has 3 aromatic rings. The summed E-state index contributed by atoms with van der Waals surface area (Å²) in [5.74, 6) is -1.07. The standard InChI is InChI=1S/C17H14FN3O2S/c1-10-6-7-13-11(8-10)16(17(23)19-13)21-20-15(22)9-24-14-5-3-2-4-12(14)18/h2-8,19,23H,9H2,1H3. The van der Waals surface area contributed by atoms with E-state index in [1.54, 1.807) is 18.2 Å². The van der Waals surface area contributed by atoms with Crippen LogP contribution in [0.1, 0.15) is 5.56 Å². The fraction of sp³-hybridized carbons (Fsp3) is 0.118. The highest BCUT2D eigenvalue weighted by Gasteiger charge is 2.11. The quantitative estimate of drug-likeness (QED) is 0.531. The van der Waals surface area contributed by atoms with E-state index in [4.69, 9.17) is 0 Å². The summed E-state index contributed by atoms with van der Waals surface area (Å²) in [4.78, 5) is 15.0. The number of nitrogens with zero attached hydrogens (tertiary/aromatic N) is 2. The zero-order valence-corrected chi connectivity index (χ0v) is 13.6. The number of halogens is 1. The Labute approximate surface area is 141 Å². The van der Waals surface area contributed by atoms with Crippen LogP contribution in [-0.2, 0) is 4.79 Å². The highest BCUT2D eigenvalue weighted by atomic mass is 32.2. The maximum Gasteiger partial charge on any atom is 0.274 e. The molecule has 24 heavy (non-hydrogen) atoms. The van der Waals surface area contributed by atoms with Crippen LogP contribution in [0.5, 0.6) is 5.88 Å². The number of amides is 1. The molecule has 5 nitrogen and oxygen atoms in total. The minimum Gasteiger partial charge on any atom is -0.493 e. The predicted molar refractivity (Wildman–Crippen MR) is 91.3 cm³/mol. The number of H-pyrrole nitrogens is 1. The Hall–Kier alpha value is -2.67. The van der Waals surface area contributed by atoms with E-state index in [1.807, 2.05) is 25.1 Å². The van der Waals surface area contributed by atoms with Crippen molar-refractivity contribution in [2.24, 2.45) is 10.2 Å². The van der Waals surface area contributed by atoms with Crippen molar-refractivity contribution in [3.05, 3.63) is 53.8 Å². The number of hydrogen-bond donors (Lipinski definition) is 2. The number of hydrogen-bond acceptors (Lipinski definition) is 4. The predicted octanol–water partition coefficient (Wildman–Crippen LogP) is 4.72. The number of carbonyl (C=O) groups excluding carboxylic acids is 1. The molecule has 0 fully saturated rings. The van der Waals surface area contributed by atoms with Crippen LogP contribution in [0.15, 0.2) is 57.6 Å². The summed E-state index contributed by atoms with van der Waals surface area (Å²) in [5, 5.41) is 18.1. The molecule has 122 valence electrons. The first kappa shape index (κ1) is 16.2. The van der Waals surface area contributed by atoms with Crippen LogP contribution in [0, 0.1) is 12.7 Å². The lowest BCUT2D eigenvalue weighted by Gasteiger charge is -1.99. The molecule has 7 heteroatoms. The van der Waals surface area contributed by atoms with Gasteiger partial charge in [0.15, 0.2) is 5.69 Å². The van der Waals surface area contributed by atoms with Crippen LogP contribution in [0.2, 0.25) is 0 Å². The van der Waals surface area contributed by atoms with Crippen molar-refractivity contribution < 1.29 is 14.3 Å². The average Bonchev–Trinajstić information content (AvgIpc) is 2.87. The molecule has 0 saturated carbocycles. The Morgan fingerprint density at radius 1 is 1.29 bits per heavy atom. The summed E-state index contributed by atoms with van der Waals surface area (Å²) in [7, 11) is 0. The highest BCUT2D eigenvalue weighted by molar-refractivity contribution is 8.00. The highest BCUT2D eigenvalue weighted by Crippen LogP contribution is 2.36. The number of rotatable bonds is 4. The molecule has 0 atom stereocenters. The summed E-state index contributed by atoms with van der Waals surface area (Å²) in [6, 6.07) is 11.8. The van der Waals surface area contributed by atoms with Gasteiger partial charge in [0.05, 0.1) is 11.3 Å². The zero-order valence-electron chi connectivity index (χ0n) is 12.8. The SMILES string of the molecule is Cc1ccc2[nH]c(O)c(N=NC(=O)CSc3ccccc3F)c2c1. The van der Waals surface area contributed by atoms with Crippen molar-refractivity contribution in [2.75, 3.05) is 5.75 Å². The maximum absolute atomic E-state index is 13.5. The first-order chi connectivity index (χ1) is 11.5. The second-order valence-corrected chi connectivity index (χ2v) is 6.20. The fourth-order valence-electron chi connectivity index (χ4n) is 2.21. The Morgan fingerprint density at radius 3 is 2.88 bits per heavy atom. The van der Waals surface area contributed by atoms with Crippen molar-refractivity contribution >= 4 is 34.3 Å². The molecule has 1 amide bonds. The molecule has 0 unspecified atom stereocenters. The second-order valence-electron chi connectivity index (χ2n) is 5.18. The molecular formula is C17H14FN3O2S. The summed E-state index contributed by atoms with van der Waals surface area (Å²) >= 11 is 1.05. The number of fused-ring (bicyclic) bond motifs is 1. The minimum absolute atomic E-state index is 0.0351. The van der Waals surface area contributed by atoms with Gasteiger partial charge < -0.3 is 10.1 Å². The van der Waals surface area contributed by atoms with Crippen molar-refractivity contribution in [3.8, 4) is 5.88 Å². The van der Waals surface area contributed by atoms with E-state index in [0.717, 1.165) is 17.3 Å². The molecule has 1 aromatic heterocycles. The van der Waals surface area contributed by atoms with E-state index in [0.29, 0.717) is 15.8 Å². The Bertz CT molecular complexity index is 937. The van der Waals surface area contributed by atoms with E-state index in [1.165, 1.54) is 6.07 Å². The number of aromatic hydroxyl groups is 1. The van der Waals surface area contributed by atoms with Gasteiger partial charge in [-0.25, -0.2) is 4.39 Å².